The third-order valence-corrected chi connectivity index (χ3v) is 3.77. The van der Waals surface area contributed by atoms with Gasteiger partial charge in [0.15, 0.2) is 5.96 Å². The molecule has 0 atom stereocenters. The van der Waals surface area contributed by atoms with Gasteiger partial charge in [0.2, 0.25) is 0 Å². The van der Waals surface area contributed by atoms with Gasteiger partial charge in [0.1, 0.15) is 10.2 Å². The second kappa shape index (κ2) is 7.95. The number of aromatic nitrogens is 2. The van der Waals surface area contributed by atoms with Crippen molar-refractivity contribution in [3.63, 3.8) is 0 Å². The summed E-state index contributed by atoms with van der Waals surface area (Å²) in [5.74, 6) is 0.764. The van der Waals surface area contributed by atoms with Crippen molar-refractivity contribution in [1.82, 2.24) is 20.6 Å². The zero-order valence-electron chi connectivity index (χ0n) is 12.1. The van der Waals surface area contributed by atoms with Crippen molar-refractivity contribution in [3.8, 4) is 0 Å². The highest BCUT2D eigenvalue weighted by Crippen LogP contribution is 2.10. The summed E-state index contributed by atoms with van der Waals surface area (Å²) in [6, 6.07) is 3.69. The van der Waals surface area contributed by atoms with Crippen molar-refractivity contribution in [2.45, 2.75) is 26.9 Å². The molecule has 0 unspecified atom stereocenters. The maximum atomic E-state index is 5.77. The van der Waals surface area contributed by atoms with Gasteiger partial charge in [-0.2, -0.15) is 0 Å². The first-order valence-electron chi connectivity index (χ1n) is 6.71. The second-order valence-electron chi connectivity index (χ2n) is 4.40. The molecule has 0 radical (unpaired) electrons. The summed E-state index contributed by atoms with van der Waals surface area (Å²) < 4.78 is 0. The van der Waals surface area contributed by atoms with E-state index in [0.717, 1.165) is 23.1 Å². The molecule has 0 aliphatic heterocycles. The minimum atomic E-state index is 0.493. The summed E-state index contributed by atoms with van der Waals surface area (Å²) in [5, 5.41) is 8.02. The number of hydrogen-bond donors (Lipinski definition) is 2. The predicted octanol–water partition coefficient (Wildman–Crippen LogP) is 2.76. The molecule has 21 heavy (non-hydrogen) atoms. The van der Waals surface area contributed by atoms with Gasteiger partial charge in [-0.3, -0.25) is 0 Å². The largest absolute Gasteiger partial charge is 0.357 e. The Labute approximate surface area is 133 Å². The van der Waals surface area contributed by atoms with Crippen LogP contribution in [0.25, 0.3) is 0 Å². The second-order valence-corrected chi connectivity index (χ2v) is 6.11. The number of nitrogens with zero attached hydrogens (tertiary/aromatic N) is 3. The Bertz CT molecular complexity index is 594. The van der Waals surface area contributed by atoms with Crippen LogP contribution < -0.4 is 10.6 Å². The number of nitrogens with one attached hydrogen (secondary N) is 2. The molecule has 2 aromatic heterocycles. The van der Waals surface area contributed by atoms with Crippen LogP contribution in [-0.2, 0) is 13.1 Å². The van der Waals surface area contributed by atoms with Gasteiger partial charge in [0.05, 0.1) is 13.1 Å². The van der Waals surface area contributed by atoms with E-state index in [-0.39, 0.29) is 0 Å². The molecule has 7 heteroatoms. The third kappa shape index (κ3) is 5.32. The lowest BCUT2D eigenvalue weighted by Gasteiger charge is -2.10. The molecule has 2 rings (SSSR count). The van der Waals surface area contributed by atoms with E-state index in [0.29, 0.717) is 18.2 Å². The molecule has 2 N–H and O–H groups in total. The monoisotopic (exact) mass is 323 g/mol. The fourth-order valence-corrected chi connectivity index (χ4v) is 2.49. The lowest BCUT2D eigenvalue weighted by atomic mass is 10.3. The highest BCUT2D eigenvalue weighted by Gasteiger charge is 2.01. The Hall–Kier alpha value is -1.66. The van der Waals surface area contributed by atoms with Gasteiger partial charge in [0, 0.05) is 23.8 Å². The molecule has 0 bridgehead atoms. The Balaban J connectivity index is 1.93. The van der Waals surface area contributed by atoms with Crippen molar-refractivity contribution < 1.29 is 0 Å². The number of thiazole rings is 1. The molecule has 2 heterocycles. The van der Waals surface area contributed by atoms with Crippen molar-refractivity contribution in [2.75, 3.05) is 6.54 Å². The topological polar surface area (TPSA) is 62.2 Å². The number of aryl methyl sites for hydroxylation is 1. The molecule has 0 aromatic carbocycles. The molecule has 0 saturated carbocycles. The Morgan fingerprint density at radius 3 is 2.76 bits per heavy atom. The average Bonchev–Trinajstić information content (AvgIpc) is 2.89. The normalized spacial score (nSPS) is 11.5. The molecule has 0 aliphatic carbocycles. The number of rotatable bonds is 5. The van der Waals surface area contributed by atoms with Crippen LogP contribution in [0.5, 0.6) is 0 Å². The first kappa shape index (κ1) is 15.7. The van der Waals surface area contributed by atoms with E-state index in [4.69, 9.17) is 11.6 Å². The summed E-state index contributed by atoms with van der Waals surface area (Å²) in [7, 11) is 0. The van der Waals surface area contributed by atoms with E-state index in [1.807, 2.05) is 26.1 Å². The van der Waals surface area contributed by atoms with Gasteiger partial charge >= 0.3 is 0 Å². The van der Waals surface area contributed by atoms with Gasteiger partial charge in [0.25, 0.3) is 0 Å². The number of pyridine rings is 1. The van der Waals surface area contributed by atoms with Gasteiger partial charge in [-0.05, 0) is 25.5 Å². The minimum Gasteiger partial charge on any atom is -0.357 e. The fraction of sp³-hybridized carbons (Fsp3) is 0.357. The van der Waals surface area contributed by atoms with E-state index in [1.54, 1.807) is 23.6 Å². The lowest BCUT2D eigenvalue weighted by molar-refractivity contribution is 0.811. The summed E-state index contributed by atoms with van der Waals surface area (Å²) in [4.78, 5) is 14.1. The molecule has 112 valence electrons. The number of halogens is 1. The van der Waals surface area contributed by atoms with Crippen LogP contribution in [0.3, 0.4) is 0 Å². The quantitative estimate of drug-likeness (QED) is 0.504. The van der Waals surface area contributed by atoms with Crippen molar-refractivity contribution in [2.24, 2.45) is 4.99 Å². The van der Waals surface area contributed by atoms with Crippen LogP contribution in [-0.4, -0.2) is 22.5 Å². The van der Waals surface area contributed by atoms with E-state index in [9.17, 15) is 0 Å². The fourth-order valence-electron chi connectivity index (χ4n) is 1.65. The maximum Gasteiger partial charge on any atom is 0.191 e. The molecule has 0 amide bonds. The Morgan fingerprint density at radius 2 is 2.14 bits per heavy atom. The minimum absolute atomic E-state index is 0.493. The van der Waals surface area contributed by atoms with Crippen LogP contribution in [0, 0.1) is 6.92 Å². The number of hydrogen-bond acceptors (Lipinski definition) is 4. The van der Waals surface area contributed by atoms with E-state index in [1.165, 1.54) is 4.88 Å². The maximum absolute atomic E-state index is 5.77. The zero-order valence-corrected chi connectivity index (χ0v) is 13.6. The Kier molecular flexibility index (Phi) is 5.95. The van der Waals surface area contributed by atoms with Gasteiger partial charge in [-0.25, -0.2) is 15.0 Å². The zero-order chi connectivity index (χ0) is 15.1. The van der Waals surface area contributed by atoms with E-state index >= 15 is 0 Å². The molecule has 0 saturated heterocycles. The summed E-state index contributed by atoms with van der Waals surface area (Å²) in [6.45, 7) is 6.11. The standard InChI is InChI=1S/C14H18ClN5S/c1-3-16-14(20-9-13-18-6-10(2)21-13)19-8-11-4-5-12(15)17-7-11/h4-7H,3,8-9H2,1-2H3,(H2,16,19,20). The van der Waals surface area contributed by atoms with Crippen molar-refractivity contribution >= 4 is 28.9 Å². The van der Waals surface area contributed by atoms with Gasteiger partial charge in [-0.1, -0.05) is 17.7 Å². The van der Waals surface area contributed by atoms with Crippen LogP contribution in [0.15, 0.2) is 29.5 Å². The highest BCUT2D eigenvalue weighted by molar-refractivity contribution is 7.11. The first-order chi connectivity index (χ1) is 10.2. The van der Waals surface area contributed by atoms with Crippen LogP contribution in [0.2, 0.25) is 5.15 Å². The molecule has 0 fully saturated rings. The SMILES string of the molecule is CCNC(=NCc1ccc(Cl)nc1)NCc1ncc(C)s1. The van der Waals surface area contributed by atoms with Crippen molar-refractivity contribution in [1.29, 1.82) is 0 Å². The van der Waals surface area contributed by atoms with Gasteiger partial charge < -0.3 is 10.6 Å². The van der Waals surface area contributed by atoms with Crippen molar-refractivity contribution in [3.05, 3.63) is 45.1 Å². The molecular weight excluding hydrogens is 306 g/mol. The molecule has 2 aromatic rings. The summed E-state index contributed by atoms with van der Waals surface area (Å²) in [5.41, 5.74) is 1.02. The Morgan fingerprint density at radius 1 is 1.29 bits per heavy atom. The number of guanidine groups is 1. The predicted molar refractivity (Wildman–Crippen MR) is 87.8 cm³/mol. The summed E-state index contributed by atoms with van der Waals surface area (Å²) in [6.07, 6.45) is 3.62. The summed E-state index contributed by atoms with van der Waals surface area (Å²) >= 11 is 7.45. The third-order valence-electron chi connectivity index (χ3n) is 2.63. The van der Waals surface area contributed by atoms with Gasteiger partial charge in [-0.15, -0.1) is 11.3 Å². The average molecular weight is 324 g/mol. The van der Waals surface area contributed by atoms with Crippen LogP contribution in [0.4, 0.5) is 0 Å². The van der Waals surface area contributed by atoms with E-state index < -0.39 is 0 Å². The smallest absolute Gasteiger partial charge is 0.191 e. The van der Waals surface area contributed by atoms with Crippen LogP contribution >= 0.6 is 22.9 Å². The highest BCUT2D eigenvalue weighted by atomic mass is 35.5. The molecule has 5 nitrogen and oxygen atoms in total. The molecular formula is C14H18ClN5S. The molecule has 0 aliphatic rings. The first-order valence-corrected chi connectivity index (χ1v) is 7.90. The van der Waals surface area contributed by atoms with Crippen LogP contribution in [0.1, 0.15) is 22.4 Å². The molecule has 0 spiro atoms. The number of aliphatic imine (C=N–C) groups is 1. The lowest BCUT2D eigenvalue weighted by Crippen LogP contribution is -2.36. The van der Waals surface area contributed by atoms with E-state index in [2.05, 4.69) is 25.6 Å².